The van der Waals surface area contributed by atoms with E-state index in [2.05, 4.69) is 70.2 Å². The molecular formula is C16H19BrN2. The van der Waals surface area contributed by atoms with E-state index in [0.717, 1.165) is 17.4 Å². The zero-order chi connectivity index (χ0) is 13.7. The monoisotopic (exact) mass is 318 g/mol. The van der Waals surface area contributed by atoms with Crippen LogP contribution in [0, 0.1) is 0 Å². The Morgan fingerprint density at radius 3 is 2.37 bits per heavy atom. The number of hydrogen-bond donors (Lipinski definition) is 1. The number of halogens is 1. The van der Waals surface area contributed by atoms with Crippen LogP contribution in [0.2, 0.25) is 0 Å². The Hall–Kier alpha value is -1.32. The normalized spacial score (nSPS) is 10.5. The fourth-order valence-electron chi connectivity index (χ4n) is 2.18. The fourth-order valence-corrected chi connectivity index (χ4v) is 2.75. The molecule has 0 amide bonds. The number of rotatable bonds is 5. The van der Waals surface area contributed by atoms with E-state index in [0.29, 0.717) is 6.54 Å². The van der Waals surface area contributed by atoms with Gasteiger partial charge >= 0.3 is 0 Å². The quantitative estimate of drug-likeness (QED) is 0.899. The van der Waals surface area contributed by atoms with E-state index in [-0.39, 0.29) is 0 Å². The molecule has 0 unspecified atom stereocenters. The minimum absolute atomic E-state index is 0.675. The predicted molar refractivity (Wildman–Crippen MR) is 86.0 cm³/mol. The lowest BCUT2D eigenvalue weighted by Crippen LogP contribution is -2.16. The molecule has 2 aromatic carbocycles. The van der Waals surface area contributed by atoms with Gasteiger partial charge in [0.25, 0.3) is 0 Å². The Morgan fingerprint density at radius 1 is 1.05 bits per heavy atom. The van der Waals surface area contributed by atoms with Crippen LogP contribution >= 0.6 is 15.9 Å². The van der Waals surface area contributed by atoms with Gasteiger partial charge in [-0.15, -0.1) is 0 Å². The van der Waals surface area contributed by atoms with Crippen molar-refractivity contribution in [2.24, 2.45) is 5.73 Å². The number of benzene rings is 2. The molecule has 2 N–H and O–H groups in total. The summed E-state index contributed by atoms with van der Waals surface area (Å²) in [7, 11) is 0. The van der Waals surface area contributed by atoms with Crippen molar-refractivity contribution in [3.63, 3.8) is 0 Å². The summed E-state index contributed by atoms with van der Waals surface area (Å²) in [6.07, 6.45) is 0.901. The van der Waals surface area contributed by atoms with Crippen molar-refractivity contribution in [1.29, 1.82) is 0 Å². The molecule has 0 aliphatic heterocycles. The third-order valence-electron chi connectivity index (χ3n) is 3.15. The Balaban J connectivity index is 2.32. The summed E-state index contributed by atoms with van der Waals surface area (Å²) in [5.41, 5.74) is 9.28. The molecule has 2 rings (SSSR count). The first kappa shape index (κ1) is 14.1. The van der Waals surface area contributed by atoms with Gasteiger partial charge in [-0.25, -0.2) is 0 Å². The van der Waals surface area contributed by atoms with Gasteiger partial charge in [-0.1, -0.05) is 40.2 Å². The number of nitrogens with two attached hydrogens (primary N) is 1. The van der Waals surface area contributed by atoms with Crippen LogP contribution in [-0.4, -0.2) is 13.1 Å². The number of para-hydroxylation sites is 1. The minimum Gasteiger partial charge on any atom is -0.342 e. The first-order valence-electron chi connectivity index (χ1n) is 6.57. The van der Waals surface area contributed by atoms with Crippen molar-refractivity contribution >= 4 is 27.3 Å². The van der Waals surface area contributed by atoms with Gasteiger partial charge in [0.2, 0.25) is 0 Å². The van der Waals surface area contributed by atoms with Crippen molar-refractivity contribution < 1.29 is 0 Å². The summed E-state index contributed by atoms with van der Waals surface area (Å²) in [5.74, 6) is 0. The van der Waals surface area contributed by atoms with Gasteiger partial charge < -0.3 is 10.6 Å². The van der Waals surface area contributed by atoms with E-state index >= 15 is 0 Å². The van der Waals surface area contributed by atoms with E-state index in [1.165, 1.54) is 16.9 Å². The van der Waals surface area contributed by atoms with Crippen molar-refractivity contribution in [1.82, 2.24) is 0 Å². The van der Waals surface area contributed by atoms with Gasteiger partial charge in [-0.2, -0.15) is 0 Å². The third-order valence-corrected chi connectivity index (χ3v) is 3.88. The maximum atomic E-state index is 5.61. The second-order valence-corrected chi connectivity index (χ2v) is 5.25. The van der Waals surface area contributed by atoms with Crippen LogP contribution in [0.25, 0.3) is 0 Å². The molecule has 0 radical (unpaired) electrons. The van der Waals surface area contributed by atoms with Crippen LogP contribution in [0.1, 0.15) is 12.5 Å². The number of nitrogens with zero attached hydrogens (tertiary/aromatic N) is 1. The van der Waals surface area contributed by atoms with E-state index in [4.69, 9.17) is 5.73 Å². The average Bonchev–Trinajstić information content (AvgIpc) is 2.44. The molecule has 0 saturated carbocycles. The molecule has 3 heteroatoms. The molecule has 0 saturated heterocycles. The van der Waals surface area contributed by atoms with Crippen LogP contribution in [-0.2, 0) is 6.42 Å². The van der Waals surface area contributed by atoms with Gasteiger partial charge in [0.15, 0.2) is 0 Å². The second kappa shape index (κ2) is 6.73. The molecule has 0 aliphatic rings. The summed E-state index contributed by atoms with van der Waals surface area (Å²) >= 11 is 3.64. The minimum atomic E-state index is 0.675. The van der Waals surface area contributed by atoms with E-state index in [1.807, 2.05) is 6.07 Å². The highest BCUT2D eigenvalue weighted by molar-refractivity contribution is 9.10. The lowest BCUT2D eigenvalue weighted by atomic mass is 10.1. The predicted octanol–water partition coefficient (Wildman–Crippen LogP) is 4.11. The van der Waals surface area contributed by atoms with E-state index < -0.39 is 0 Å². The number of anilines is 2. The molecule has 0 bridgehead atoms. The molecule has 0 fully saturated rings. The average molecular weight is 319 g/mol. The zero-order valence-electron chi connectivity index (χ0n) is 11.1. The van der Waals surface area contributed by atoms with E-state index in [9.17, 15) is 0 Å². The van der Waals surface area contributed by atoms with Crippen molar-refractivity contribution in [3.05, 3.63) is 58.6 Å². The van der Waals surface area contributed by atoms with Gasteiger partial charge in [0, 0.05) is 22.4 Å². The maximum absolute atomic E-state index is 5.61. The van der Waals surface area contributed by atoms with Crippen LogP contribution in [0.5, 0.6) is 0 Å². The molecule has 0 aromatic heterocycles. The topological polar surface area (TPSA) is 29.3 Å². The Bertz CT molecular complexity index is 526. The molecule has 0 aliphatic carbocycles. The summed E-state index contributed by atoms with van der Waals surface area (Å²) in [4.78, 5) is 2.29. The van der Waals surface area contributed by atoms with Crippen LogP contribution in [0.15, 0.2) is 53.0 Å². The van der Waals surface area contributed by atoms with Gasteiger partial charge in [0.05, 0.1) is 0 Å². The highest BCUT2D eigenvalue weighted by Gasteiger charge is 2.08. The van der Waals surface area contributed by atoms with Gasteiger partial charge in [-0.05, 0) is 49.7 Å². The van der Waals surface area contributed by atoms with Gasteiger partial charge in [0.1, 0.15) is 0 Å². The first-order valence-corrected chi connectivity index (χ1v) is 7.36. The second-order valence-electron chi connectivity index (χ2n) is 4.39. The summed E-state index contributed by atoms with van der Waals surface area (Å²) in [6.45, 7) is 3.77. The molecule has 2 aromatic rings. The first-order chi connectivity index (χ1) is 9.26. The fraction of sp³-hybridized carbons (Fsp3) is 0.250. The SMILES string of the molecule is CCN(c1ccccc1)c1ccc(CCN)c(Br)c1. The molecule has 100 valence electrons. The highest BCUT2D eigenvalue weighted by atomic mass is 79.9. The Morgan fingerprint density at radius 2 is 1.79 bits per heavy atom. The van der Waals surface area contributed by atoms with Crippen molar-refractivity contribution in [2.45, 2.75) is 13.3 Å². The Kier molecular flexibility index (Phi) is 5.00. The van der Waals surface area contributed by atoms with Crippen LogP contribution < -0.4 is 10.6 Å². The molecule has 0 atom stereocenters. The standard InChI is InChI=1S/C16H19BrN2/c1-2-19(14-6-4-3-5-7-14)15-9-8-13(10-11-18)16(17)12-15/h3-9,12H,2,10-11,18H2,1H3. The smallest absolute Gasteiger partial charge is 0.0422 e. The van der Waals surface area contributed by atoms with Crippen LogP contribution in [0.3, 0.4) is 0 Å². The molecule has 19 heavy (non-hydrogen) atoms. The lowest BCUT2D eigenvalue weighted by Gasteiger charge is -2.24. The van der Waals surface area contributed by atoms with Crippen LogP contribution in [0.4, 0.5) is 11.4 Å². The highest BCUT2D eigenvalue weighted by Crippen LogP contribution is 2.29. The summed E-state index contributed by atoms with van der Waals surface area (Å²) < 4.78 is 1.13. The van der Waals surface area contributed by atoms with Crippen molar-refractivity contribution in [2.75, 3.05) is 18.0 Å². The largest absolute Gasteiger partial charge is 0.342 e. The third kappa shape index (κ3) is 3.37. The Labute approximate surface area is 123 Å². The number of hydrogen-bond acceptors (Lipinski definition) is 2. The maximum Gasteiger partial charge on any atom is 0.0422 e. The lowest BCUT2D eigenvalue weighted by molar-refractivity contribution is 0.959. The van der Waals surface area contributed by atoms with Crippen molar-refractivity contribution in [3.8, 4) is 0 Å². The molecule has 0 spiro atoms. The van der Waals surface area contributed by atoms with E-state index in [1.54, 1.807) is 0 Å². The zero-order valence-corrected chi connectivity index (χ0v) is 12.7. The molecule has 0 heterocycles. The molecule has 2 nitrogen and oxygen atoms in total. The van der Waals surface area contributed by atoms with Gasteiger partial charge in [-0.3, -0.25) is 0 Å². The summed E-state index contributed by atoms with van der Waals surface area (Å²) in [5, 5.41) is 0. The summed E-state index contributed by atoms with van der Waals surface area (Å²) in [6, 6.07) is 16.9. The molecular weight excluding hydrogens is 300 g/mol.